The van der Waals surface area contributed by atoms with Gasteiger partial charge in [0, 0.05) is 12.7 Å². The van der Waals surface area contributed by atoms with Crippen LogP contribution in [0.25, 0.3) is 0 Å². The van der Waals surface area contributed by atoms with Gasteiger partial charge in [-0.05, 0) is 12.3 Å². The zero-order valence-corrected chi connectivity index (χ0v) is 8.22. The first kappa shape index (κ1) is 10.0. The van der Waals surface area contributed by atoms with Crippen LogP contribution in [-0.4, -0.2) is 18.2 Å². The van der Waals surface area contributed by atoms with Crippen molar-refractivity contribution in [2.24, 2.45) is 0 Å². The van der Waals surface area contributed by atoms with Crippen LogP contribution in [0.1, 0.15) is 28.3 Å². The van der Waals surface area contributed by atoms with Gasteiger partial charge >= 0.3 is 5.97 Å². The Labute approximate surface area is 79.9 Å². The molecular formula is C8H11NO3S. The largest absolute Gasteiger partial charge is 0.477 e. The summed E-state index contributed by atoms with van der Waals surface area (Å²) in [5.74, 6) is -0.989. The van der Waals surface area contributed by atoms with Crippen molar-refractivity contribution in [2.45, 2.75) is 13.0 Å². The molecule has 13 heavy (non-hydrogen) atoms. The van der Waals surface area contributed by atoms with Crippen LogP contribution in [0.15, 0.2) is 5.38 Å². The number of ether oxygens (including phenoxy) is 1. The van der Waals surface area contributed by atoms with Crippen molar-refractivity contribution in [3.05, 3.63) is 15.8 Å². The molecular weight excluding hydrogens is 190 g/mol. The van der Waals surface area contributed by atoms with Gasteiger partial charge in [0.05, 0.1) is 11.8 Å². The number of aromatic carboxylic acids is 1. The third-order valence-electron chi connectivity index (χ3n) is 1.85. The monoisotopic (exact) mass is 201 g/mol. The van der Waals surface area contributed by atoms with E-state index in [1.807, 2.05) is 6.92 Å². The van der Waals surface area contributed by atoms with Gasteiger partial charge in [-0.3, -0.25) is 0 Å². The van der Waals surface area contributed by atoms with Gasteiger partial charge in [0.1, 0.15) is 4.88 Å². The molecule has 0 saturated heterocycles. The Kier molecular flexibility index (Phi) is 2.90. The average Bonchev–Trinajstić information content (AvgIpc) is 2.46. The molecule has 0 fully saturated rings. The molecule has 3 N–H and O–H groups in total. The highest BCUT2D eigenvalue weighted by atomic mass is 32.1. The second-order valence-electron chi connectivity index (χ2n) is 2.62. The minimum Gasteiger partial charge on any atom is -0.477 e. The van der Waals surface area contributed by atoms with E-state index >= 15 is 0 Å². The number of thiophene rings is 1. The van der Waals surface area contributed by atoms with E-state index in [2.05, 4.69) is 0 Å². The first-order valence-corrected chi connectivity index (χ1v) is 4.58. The Hall–Kier alpha value is -1.07. The molecule has 0 aliphatic rings. The summed E-state index contributed by atoms with van der Waals surface area (Å²) in [5, 5.41) is 10.4. The Morgan fingerprint density at radius 3 is 2.77 bits per heavy atom. The summed E-state index contributed by atoms with van der Waals surface area (Å²) >= 11 is 1.12. The lowest BCUT2D eigenvalue weighted by Crippen LogP contribution is -2.02. The van der Waals surface area contributed by atoms with Crippen molar-refractivity contribution in [1.82, 2.24) is 0 Å². The van der Waals surface area contributed by atoms with Gasteiger partial charge in [-0.1, -0.05) is 0 Å². The third kappa shape index (κ3) is 1.81. The summed E-state index contributed by atoms with van der Waals surface area (Å²) in [5.41, 5.74) is 6.68. The van der Waals surface area contributed by atoms with Crippen molar-refractivity contribution in [3.8, 4) is 0 Å². The summed E-state index contributed by atoms with van der Waals surface area (Å²) in [4.78, 5) is 10.8. The quantitative estimate of drug-likeness (QED) is 0.781. The molecule has 0 saturated carbocycles. The molecule has 1 rings (SSSR count). The molecule has 1 heterocycles. The van der Waals surface area contributed by atoms with E-state index in [9.17, 15) is 4.79 Å². The molecule has 5 heteroatoms. The molecule has 0 amide bonds. The summed E-state index contributed by atoms with van der Waals surface area (Å²) < 4.78 is 5.04. The molecule has 0 bridgehead atoms. The second-order valence-corrected chi connectivity index (χ2v) is 3.50. The predicted octanol–water partition coefficient (Wildman–Crippen LogP) is 1.74. The molecule has 72 valence electrons. The van der Waals surface area contributed by atoms with E-state index in [0.717, 1.165) is 16.9 Å². The first-order valence-electron chi connectivity index (χ1n) is 3.70. The molecule has 1 unspecified atom stereocenters. The maximum atomic E-state index is 10.6. The Bertz CT molecular complexity index is 321. The maximum Gasteiger partial charge on any atom is 0.348 e. The highest BCUT2D eigenvalue weighted by Crippen LogP contribution is 2.31. The van der Waals surface area contributed by atoms with Crippen LogP contribution >= 0.6 is 11.3 Å². The van der Waals surface area contributed by atoms with Gasteiger partial charge in [0.25, 0.3) is 0 Å². The van der Waals surface area contributed by atoms with Crippen LogP contribution in [0.4, 0.5) is 5.69 Å². The topological polar surface area (TPSA) is 72.5 Å². The second kappa shape index (κ2) is 3.76. The number of carboxylic acid groups (broad SMARTS) is 1. The van der Waals surface area contributed by atoms with Crippen molar-refractivity contribution in [2.75, 3.05) is 12.8 Å². The number of nitrogen functional groups attached to an aromatic ring is 1. The van der Waals surface area contributed by atoms with Crippen LogP contribution in [0.2, 0.25) is 0 Å². The molecule has 0 aliphatic carbocycles. The van der Waals surface area contributed by atoms with Gasteiger partial charge in [-0.2, -0.15) is 0 Å². The smallest absolute Gasteiger partial charge is 0.348 e. The van der Waals surface area contributed by atoms with E-state index in [0.29, 0.717) is 5.69 Å². The Morgan fingerprint density at radius 1 is 1.77 bits per heavy atom. The van der Waals surface area contributed by atoms with E-state index in [1.54, 1.807) is 12.5 Å². The van der Waals surface area contributed by atoms with Crippen LogP contribution < -0.4 is 5.73 Å². The molecule has 1 aromatic heterocycles. The summed E-state index contributed by atoms with van der Waals surface area (Å²) in [6.07, 6.45) is -0.163. The minimum absolute atomic E-state index is 0.163. The highest BCUT2D eigenvalue weighted by Gasteiger charge is 2.17. The summed E-state index contributed by atoms with van der Waals surface area (Å²) in [7, 11) is 1.56. The number of carboxylic acids is 1. The van der Waals surface area contributed by atoms with Crippen molar-refractivity contribution < 1.29 is 14.6 Å². The number of rotatable bonds is 3. The molecule has 0 spiro atoms. The van der Waals surface area contributed by atoms with Gasteiger partial charge in [0.15, 0.2) is 0 Å². The van der Waals surface area contributed by atoms with Gasteiger partial charge in [0.2, 0.25) is 0 Å². The number of methoxy groups -OCH3 is 1. The van der Waals surface area contributed by atoms with Gasteiger partial charge in [-0.15, -0.1) is 11.3 Å². The van der Waals surface area contributed by atoms with Gasteiger partial charge in [-0.25, -0.2) is 4.79 Å². The fourth-order valence-electron chi connectivity index (χ4n) is 0.988. The fourth-order valence-corrected chi connectivity index (χ4v) is 1.90. The normalized spacial score (nSPS) is 12.8. The number of anilines is 1. The average molecular weight is 201 g/mol. The van der Waals surface area contributed by atoms with Crippen molar-refractivity contribution in [3.63, 3.8) is 0 Å². The number of nitrogens with two attached hydrogens (primary N) is 1. The van der Waals surface area contributed by atoms with Crippen molar-refractivity contribution >= 4 is 23.0 Å². The van der Waals surface area contributed by atoms with Crippen LogP contribution in [0.5, 0.6) is 0 Å². The van der Waals surface area contributed by atoms with Crippen LogP contribution in [0.3, 0.4) is 0 Å². The predicted molar refractivity (Wildman–Crippen MR) is 51.1 cm³/mol. The molecule has 0 aliphatic heterocycles. The van der Waals surface area contributed by atoms with E-state index in [-0.39, 0.29) is 11.0 Å². The Balaban J connectivity index is 3.06. The van der Waals surface area contributed by atoms with E-state index in [1.165, 1.54) is 0 Å². The lowest BCUT2D eigenvalue weighted by Gasteiger charge is -2.08. The number of hydrogen-bond donors (Lipinski definition) is 2. The van der Waals surface area contributed by atoms with Crippen LogP contribution in [-0.2, 0) is 4.74 Å². The molecule has 0 aromatic carbocycles. The minimum atomic E-state index is -0.989. The SMILES string of the molecule is COC(C)c1csc(C(=O)O)c1N. The summed E-state index contributed by atoms with van der Waals surface area (Å²) in [6.45, 7) is 1.82. The third-order valence-corrected chi connectivity index (χ3v) is 2.85. The molecule has 0 radical (unpaired) electrons. The van der Waals surface area contributed by atoms with E-state index < -0.39 is 5.97 Å². The van der Waals surface area contributed by atoms with Crippen LogP contribution in [0, 0.1) is 0 Å². The lowest BCUT2D eigenvalue weighted by molar-refractivity contribution is 0.0703. The Morgan fingerprint density at radius 2 is 2.38 bits per heavy atom. The van der Waals surface area contributed by atoms with E-state index in [4.69, 9.17) is 15.6 Å². The fraction of sp³-hybridized carbons (Fsp3) is 0.375. The molecule has 1 atom stereocenters. The van der Waals surface area contributed by atoms with Crippen molar-refractivity contribution in [1.29, 1.82) is 0 Å². The number of hydrogen-bond acceptors (Lipinski definition) is 4. The molecule has 4 nitrogen and oxygen atoms in total. The number of carbonyl (C=O) groups is 1. The zero-order chi connectivity index (χ0) is 10.0. The molecule has 1 aromatic rings. The van der Waals surface area contributed by atoms with Gasteiger partial charge < -0.3 is 15.6 Å². The standard InChI is InChI=1S/C8H11NO3S/c1-4(12-2)5-3-13-7(6(5)9)8(10)11/h3-4H,9H2,1-2H3,(H,10,11). The highest BCUT2D eigenvalue weighted by molar-refractivity contribution is 7.12. The maximum absolute atomic E-state index is 10.6. The zero-order valence-electron chi connectivity index (χ0n) is 7.40. The summed E-state index contributed by atoms with van der Waals surface area (Å²) in [6, 6.07) is 0. The first-order chi connectivity index (χ1) is 6.07. The lowest BCUT2D eigenvalue weighted by atomic mass is 10.1.